The molecular formula is C15H17Cl2NO2S. The summed E-state index contributed by atoms with van der Waals surface area (Å²) in [5, 5.41) is 10.7. The van der Waals surface area contributed by atoms with Gasteiger partial charge in [-0.2, -0.15) is 0 Å². The summed E-state index contributed by atoms with van der Waals surface area (Å²) in [6.45, 7) is 0.909. The topological polar surface area (TPSA) is 40.5 Å². The molecule has 3 nitrogen and oxygen atoms in total. The van der Waals surface area contributed by atoms with Crippen LogP contribution in [0.25, 0.3) is 0 Å². The van der Waals surface area contributed by atoms with E-state index in [-0.39, 0.29) is 12.0 Å². The summed E-state index contributed by atoms with van der Waals surface area (Å²) >= 11 is 13.8. The Labute approximate surface area is 138 Å². The van der Waals surface area contributed by atoms with Crippen LogP contribution in [0.1, 0.15) is 19.3 Å². The van der Waals surface area contributed by atoms with Crippen LogP contribution in [0.15, 0.2) is 23.1 Å². The van der Waals surface area contributed by atoms with Gasteiger partial charge in [-0.1, -0.05) is 23.2 Å². The van der Waals surface area contributed by atoms with E-state index in [0.717, 1.165) is 41.5 Å². The van der Waals surface area contributed by atoms with Crippen molar-refractivity contribution in [2.45, 2.75) is 36.2 Å². The molecule has 2 aliphatic heterocycles. The Hall–Kier alpha value is -0.420. The van der Waals surface area contributed by atoms with Crippen LogP contribution in [-0.2, 0) is 4.79 Å². The molecule has 3 atom stereocenters. The molecule has 0 radical (unpaired) electrons. The molecule has 1 aromatic carbocycles. The number of carboxylic acids is 1. The van der Waals surface area contributed by atoms with Crippen molar-refractivity contribution in [3.05, 3.63) is 28.2 Å². The minimum atomic E-state index is -0.641. The average Bonchev–Trinajstić information content (AvgIpc) is 3.00. The van der Waals surface area contributed by atoms with Gasteiger partial charge >= 0.3 is 5.97 Å². The van der Waals surface area contributed by atoms with Crippen LogP contribution in [0.5, 0.6) is 0 Å². The van der Waals surface area contributed by atoms with Crippen LogP contribution in [0, 0.1) is 5.92 Å². The molecule has 114 valence electrons. The molecule has 2 aliphatic rings. The first-order chi connectivity index (χ1) is 10.1. The first kappa shape index (κ1) is 15.5. The Morgan fingerprint density at radius 2 is 2.19 bits per heavy atom. The number of halogens is 2. The average molecular weight is 346 g/mol. The number of benzene rings is 1. The van der Waals surface area contributed by atoms with Crippen molar-refractivity contribution in [2.75, 3.05) is 12.3 Å². The highest BCUT2D eigenvalue weighted by atomic mass is 35.5. The van der Waals surface area contributed by atoms with E-state index in [0.29, 0.717) is 11.1 Å². The SMILES string of the molecule is O=C(O)C1CC2CCC1N2CCSc1cc(Cl)ccc1Cl. The lowest BCUT2D eigenvalue weighted by molar-refractivity contribution is -0.142. The standard InChI is InChI=1S/C15H17Cl2NO2S/c16-9-1-3-12(17)14(7-9)21-6-5-18-10-2-4-13(18)11(8-10)15(19)20/h1,3,7,10-11,13H,2,4-6,8H2,(H,19,20). The molecule has 0 saturated carbocycles. The molecule has 0 aromatic heterocycles. The zero-order valence-corrected chi connectivity index (χ0v) is 13.8. The van der Waals surface area contributed by atoms with Crippen LogP contribution in [0.2, 0.25) is 10.0 Å². The van der Waals surface area contributed by atoms with Crippen molar-refractivity contribution >= 4 is 40.9 Å². The van der Waals surface area contributed by atoms with E-state index < -0.39 is 5.97 Å². The Kier molecular flexibility index (Phi) is 4.69. The van der Waals surface area contributed by atoms with Crippen molar-refractivity contribution in [2.24, 2.45) is 5.92 Å². The predicted octanol–water partition coefficient (Wildman–Crippen LogP) is 4.02. The van der Waals surface area contributed by atoms with Crippen LogP contribution >= 0.6 is 35.0 Å². The van der Waals surface area contributed by atoms with Gasteiger partial charge in [-0.15, -0.1) is 11.8 Å². The second-order valence-corrected chi connectivity index (χ2v) is 7.62. The Balaban J connectivity index is 1.57. The van der Waals surface area contributed by atoms with E-state index in [2.05, 4.69) is 4.90 Å². The number of aliphatic carboxylic acids is 1. The molecule has 2 fully saturated rings. The van der Waals surface area contributed by atoms with Gasteiger partial charge in [0.1, 0.15) is 0 Å². The third-order valence-corrected chi connectivity index (χ3v) is 6.21. The normalized spacial score (nSPS) is 28.2. The monoisotopic (exact) mass is 345 g/mol. The quantitative estimate of drug-likeness (QED) is 0.818. The first-order valence-corrected chi connectivity index (χ1v) is 8.87. The maximum Gasteiger partial charge on any atom is 0.308 e. The maximum atomic E-state index is 11.3. The molecule has 2 heterocycles. The Morgan fingerprint density at radius 1 is 1.38 bits per heavy atom. The van der Waals surface area contributed by atoms with Crippen LogP contribution < -0.4 is 0 Å². The molecule has 1 aromatic rings. The Bertz CT molecular complexity index is 554. The molecule has 0 spiro atoms. The van der Waals surface area contributed by atoms with Crippen LogP contribution in [-0.4, -0.2) is 40.4 Å². The maximum absolute atomic E-state index is 11.3. The van der Waals surface area contributed by atoms with Crippen molar-refractivity contribution in [1.29, 1.82) is 0 Å². The number of hydrogen-bond acceptors (Lipinski definition) is 3. The van der Waals surface area contributed by atoms with Crippen molar-refractivity contribution in [3.63, 3.8) is 0 Å². The van der Waals surface area contributed by atoms with Gasteiger partial charge in [-0.3, -0.25) is 9.69 Å². The zero-order valence-electron chi connectivity index (χ0n) is 11.5. The molecular weight excluding hydrogens is 329 g/mol. The Morgan fingerprint density at radius 3 is 2.90 bits per heavy atom. The van der Waals surface area contributed by atoms with E-state index in [1.165, 1.54) is 0 Å². The van der Waals surface area contributed by atoms with Crippen LogP contribution in [0.3, 0.4) is 0 Å². The van der Waals surface area contributed by atoms with Gasteiger partial charge in [0.05, 0.1) is 10.9 Å². The second kappa shape index (κ2) is 6.37. The minimum Gasteiger partial charge on any atom is -0.481 e. The number of carboxylic acid groups (broad SMARTS) is 1. The van der Waals surface area contributed by atoms with E-state index in [1.54, 1.807) is 17.8 Å². The highest BCUT2D eigenvalue weighted by molar-refractivity contribution is 7.99. The molecule has 6 heteroatoms. The zero-order chi connectivity index (χ0) is 15.0. The third kappa shape index (κ3) is 3.19. The van der Waals surface area contributed by atoms with Gasteiger partial charge in [0, 0.05) is 34.3 Å². The molecule has 0 aliphatic carbocycles. The van der Waals surface area contributed by atoms with Gasteiger partial charge in [0.25, 0.3) is 0 Å². The number of nitrogens with zero attached hydrogens (tertiary/aromatic N) is 1. The summed E-state index contributed by atoms with van der Waals surface area (Å²) in [5.41, 5.74) is 0. The fraction of sp³-hybridized carbons (Fsp3) is 0.533. The van der Waals surface area contributed by atoms with Crippen molar-refractivity contribution in [1.82, 2.24) is 4.90 Å². The molecule has 1 N–H and O–H groups in total. The second-order valence-electron chi connectivity index (χ2n) is 5.64. The summed E-state index contributed by atoms with van der Waals surface area (Å²) in [4.78, 5) is 14.6. The number of carbonyl (C=O) groups is 1. The van der Waals surface area contributed by atoms with Gasteiger partial charge in [0.2, 0.25) is 0 Å². The summed E-state index contributed by atoms with van der Waals surface area (Å²) in [5.74, 6) is 0.0839. The van der Waals surface area contributed by atoms with Crippen molar-refractivity contribution < 1.29 is 9.90 Å². The van der Waals surface area contributed by atoms with Gasteiger partial charge in [0.15, 0.2) is 0 Å². The van der Waals surface area contributed by atoms with E-state index in [9.17, 15) is 9.90 Å². The fourth-order valence-corrected chi connectivity index (χ4v) is 5.02. The highest BCUT2D eigenvalue weighted by Gasteiger charge is 2.48. The predicted molar refractivity (Wildman–Crippen MR) is 86.4 cm³/mol. The van der Waals surface area contributed by atoms with Crippen molar-refractivity contribution in [3.8, 4) is 0 Å². The fourth-order valence-electron chi connectivity index (χ4n) is 3.56. The van der Waals surface area contributed by atoms with E-state index >= 15 is 0 Å². The highest BCUT2D eigenvalue weighted by Crippen LogP contribution is 2.42. The molecule has 3 rings (SSSR count). The third-order valence-electron chi connectivity index (χ3n) is 4.50. The number of hydrogen-bond donors (Lipinski definition) is 1. The number of thioether (sulfide) groups is 1. The van der Waals surface area contributed by atoms with Crippen LogP contribution in [0.4, 0.5) is 0 Å². The molecule has 2 bridgehead atoms. The van der Waals surface area contributed by atoms with E-state index in [4.69, 9.17) is 23.2 Å². The molecule has 0 amide bonds. The first-order valence-electron chi connectivity index (χ1n) is 7.12. The summed E-state index contributed by atoms with van der Waals surface area (Å²) < 4.78 is 0. The number of fused-ring (bicyclic) bond motifs is 2. The molecule has 3 unspecified atom stereocenters. The lowest BCUT2D eigenvalue weighted by Crippen LogP contribution is -2.34. The van der Waals surface area contributed by atoms with Gasteiger partial charge in [-0.05, 0) is 37.5 Å². The summed E-state index contributed by atoms with van der Waals surface area (Å²) in [7, 11) is 0. The number of rotatable bonds is 5. The lowest BCUT2D eigenvalue weighted by atomic mass is 9.89. The molecule has 21 heavy (non-hydrogen) atoms. The lowest BCUT2D eigenvalue weighted by Gasteiger charge is -2.22. The van der Waals surface area contributed by atoms with Gasteiger partial charge in [-0.25, -0.2) is 0 Å². The molecule has 2 saturated heterocycles. The summed E-state index contributed by atoms with van der Waals surface area (Å²) in [6, 6.07) is 6.15. The van der Waals surface area contributed by atoms with E-state index in [1.807, 2.05) is 12.1 Å². The minimum absolute atomic E-state index is 0.177. The summed E-state index contributed by atoms with van der Waals surface area (Å²) in [6.07, 6.45) is 2.96. The van der Waals surface area contributed by atoms with Gasteiger partial charge < -0.3 is 5.11 Å². The largest absolute Gasteiger partial charge is 0.481 e. The smallest absolute Gasteiger partial charge is 0.308 e.